The molecule has 3 atom stereocenters. The van der Waals surface area contributed by atoms with Crippen LogP contribution < -0.4 is 15.8 Å². The number of fused-ring (bicyclic) bond motifs is 3. The highest BCUT2D eigenvalue weighted by Gasteiger charge is 2.56. The zero-order chi connectivity index (χ0) is 28.2. The minimum absolute atomic E-state index is 0.0266. The van der Waals surface area contributed by atoms with Crippen LogP contribution in [0.15, 0.2) is 30.6 Å². The smallest absolute Gasteiger partial charge is 0.340 e. The van der Waals surface area contributed by atoms with Crippen LogP contribution in [0.25, 0.3) is 10.8 Å². The van der Waals surface area contributed by atoms with Crippen LogP contribution in [0.1, 0.15) is 75.0 Å². The van der Waals surface area contributed by atoms with Gasteiger partial charge in [-0.1, -0.05) is 6.92 Å². The summed E-state index contributed by atoms with van der Waals surface area (Å²) in [6.45, 7) is 7.71. The summed E-state index contributed by atoms with van der Waals surface area (Å²) in [6.07, 6.45) is 6.94. The number of anilines is 2. The van der Waals surface area contributed by atoms with E-state index in [2.05, 4.69) is 15.3 Å². The molecule has 39 heavy (non-hydrogen) atoms. The van der Waals surface area contributed by atoms with E-state index in [1.807, 2.05) is 33.8 Å². The van der Waals surface area contributed by atoms with E-state index in [0.717, 1.165) is 29.5 Å². The van der Waals surface area contributed by atoms with Gasteiger partial charge in [-0.25, -0.2) is 28.2 Å². The highest BCUT2D eigenvalue weighted by molar-refractivity contribution is 7.90. The second-order valence-corrected chi connectivity index (χ2v) is 13.4. The lowest BCUT2D eigenvalue weighted by atomic mass is 9.88. The summed E-state index contributed by atoms with van der Waals surface area (Å²) in [5.41, 5.74) is 7.93. The van der Waals surface area contributed by atoms with E-state index in [1.54, 1.807) is 24.5 Å². The van der Waals surface area contributed by atoms with E-state index in [1.165, 1.54) is 6.26 Å². The Bertz CT molecular complexity index is 1550. The van der Waals surface area contributed by atoms with Crippen molar-refractivity contribution in [2.75, 3.05) is 17.3 Å². The Labute approximate surface area is 228 Å². The standard InChI is InChI=1S/C28H35N5O5S/c1-6-27(4,29)21-15-31-25(37-16(2)9-12-39(5,35)36)20-14-30-23(13-19(20)21)32-22-8-7-18-24(33-22)28(10-11-28)17(3)38-26(18)34/h7-8,13-17H,6,9-12,29H2,1-5H3,(H,30,32,33)/t16-,17-,27?/m1/s1. The van der Waals surface area contributed by atoms with Gasteiger partial charge in [-0.3, -0.25) is 0 Å². The molecule has 1 unspecified atom stereocenters. The summed E-state index contributed by atoms with van der Waals surface area (Å²) in [4.78, 5) is 26.4. The third-order valence-corrected chi connectivity index (χ3v) is 8.96. The van der Waals surface area contributed by atoms with Gasteiger partial charge in [-0.05, 0) is 75.6 Å². The molecule has 0 saturated heterocycles. The van der Waals surface area contributed by atoms with Crippen LogP contribution in [0.4, 0.5) is 11.6 Å². The molecule has 3 aromatic heterocycles. The number of pyridine rings is 3. The topological polar surface area (TPSA) is 146 Å². The fraction of sp³-hybridized carbons (Fsp3) is 0.500. The van der Waals surface area contributed by atoms with Crippen LogP contribution in [0, 0.1) is 0 Å². The molecular weight excluding hydrogens is 518 g/mol. The van der Waals surface area contributed by atoms with E-state index in [0.29, 0.717) is 41.3 Å². The summed E-state index contributed by atoms with van der Waals surface area (Å²) in [5, 5.41) is 4.80. The number of aromatic nitrogens is 3. The zero-order valence-electron chi connectivity index (χ0n) is 22.9. The fourth-order valence-corrected chi connectivity index (χ4v) is 5.82. The average molecular weight is 554 g/mol. The number of nitrogens with zero attached hydrogens (tertiary/aromatic N) is 3. The summed E-state index contributed by atoms with van der Waals surface area (Å²) in [5.74, 6) is 1.20. The Balaban J connectivity index is 1.49. The number of hydrogen-bond donors (Lipinski definition) is 2. The van der Waals surface area contributed by atoms with Crippen LogP contribution in [-0.2, 0) is 25.5 Å². The highest BCUT2D eigenvalue weighted by atomic mass is 32.2. The number of sulfone groups is 1. The molecule has 1 aliphatic carbocycles. The van der Waals surface area contributed by atoms with Gasteiger partial charge in [0.2, 0.25) is 5.88 Å². The Hall–Kier alpha value is -3.31. The Morgan fingerprint density at radius 1 is 1.23 bits per heavy atom. The number of ether oxygens (including phenoxy) is 2. The molecule has 3 N–H and O–H groups in total. The molecule has 0 radical (unpaired) electrons. The second-order valence-electron chi connectivity index (χ2n) is 11.1. The van der Waals surface area contributed by atoms with Crippen molar-refractivity contribution < 1.29 is 22.7 Å². The van der Waals surface area contributed by atoms with Crippen LogP contribution in [0.2, 0.25) is 0 Å². The SMILES string of the molecule is CCC(C)(N)c1cnc(O[C@H](C)CCS(C)(=O)=O)c2cnc(Nc3ccc4c(n3)C3(CC3)[C@@H](C)OC4=O)cc12. The number of hydrogen-bond acceptors (Lipinski definition) is 10. The molecular formula is C28H35N5O5S. The van der Waals surface area contributed by atoms with Crippen LogP contribution in [0.5, 0.6) is 5.88 Å². The molecule has 1 saturated carbocycles. The van der Waals surface area contributed by atoms with E-state index in [9.17, 15) is 13.2 Å². The van der Waals surface area contributed by atoms with E-state index in [4.69, 9.17) is 20.2 Å². The number of nitrogens with one attached hydrogen (secondary N) is 1. The molecule has 1 spiro atoms. The van der Waals surface area contributed by atoms with E-state index >= 15 is 0 Å². The van der Waals surface area contributed by atoms with Crippen molar-refractivity contribution in [2.24, 2.45) is 5.73 Å². The molecule has 11 heteroatoms. The van der Waals surface area contributed by atoms with Gasteiger partial charge in [0.15, 0.2) is 0 Å². The quantitative estimate of drug-likeness (QED) is 0.371. The minimum Gasteiger partial charge on any atom is -0.474 e. The van der Waals surface area contributed by atoms with Gasteiger partial charge in [0, 0.05) is 24.2 Å². The first kappa shape index (κ1) is 27.3. The number of esters is 1. The molecule has 1 fully saturated rings. The number of carbonyl (C=O) groups excluding carboxylic acids is 1. The third-order valence-electron chi connectivity index (χ3n) is 7.99. The predicted molar refractivity (Wildman–Crippen MR) is 149 cm³/mol. The molecule has 10 nitrogen and oxygen atoms in total. The molecule has 1 aliphatic heterocycles. The van der Waals surface area contributed by atoms with Gasteiger partial charge in [-0.15, -0.1) is 0 Å². The molecule has 0 amide bonds. The first-order valence-electron chi connectivity index (χ1n) is 13.2. The maximum absolute atomic E-state index is 12.4. The molecule has 208 valence electrons. The largest absolute Gasteiger partial charge is 0.474 e. The first-order valence-corrected chi connectivity index (χ1v) is 15.3. The predicted octanol–water partition coefficient (Wildman–Crippen LogP) is 4.14. The Morgan fingerprint density at radius 3 is 2.64 bits per heavy atom. The number of cyclic esters (lactones) is 1. The van der Waals surface area contributed by atoms with Crippen molar-refractivity contribution in [3.05, 3.63) is 47.4 Å². The molecule has 5 rings (SSSR count). The van der Waals surface area contributed by atoms with E-state index in [-0.39, 0.29) is 29.3 Å². The first-order chi connectivity index (χ1) is 18.3. The molecule has 2 aliphatic rings. The van der Waals surface area contributed by atoms with Gasteiger partial charge in [0.05, 0.1) is 33.9 Å². The number of carbonyl (C=O) groups is 1. The van der Waals surface area contributed by atoms with Crippen molar-refractivity contribution in [1.82, 2.24) is 15.0 Å². The average Bonchev–Trinajstić information content (AvgIpc) is 3.68. The van der Waals surface area contributed by atoms with Gasteiger partial charge in [0.25, 0.3) is 0 Å². The van der Waals surface area contributed by atoms with Crippen LogP contribution in [0.3, 0.4) is 0 Å². The molecule has 0 bridgehead atoms. The van der Waals surface area contributed by atoms with Crippen LogP contribution >= 0.6 is 0 Å². The Morgan fingerprint density at radius 2 is 1.97 bits per heavy atom. The van der Waals surface area contributed by atoms with Crippen molar-refractivity contribution in [3.63, 3.8) is 0 Å². The van der Waals surface area contributed by atoms with Crippen molar-refractivity contribution in [3.8, 4) is 5.88 Å². The van der Waals surface area contributed by atoms with Gasteiger partial charge < -0.3 is 20.5 Å². The van der Waals surface area contributed by atoms with Crippen molar-refractivity contribution in [2.45, 2.75) is 76.5 Å². The normalized spacial score (nSPS) is 20.2. The monoisotopic (exact) mass is 553 g/mol. The summed E-state index contributed by atoms with van der Waals surface area (Å²) < 4.78 is 34.8. The summed E-state index contributed by atoms with van der Waals surface area (Å²) in [6, 6.07) is 5.40. The lowest BCUT2D eigenvalue weighted by Crippen LogP contribution is -2.36. The molecule has 0 aromatic carbocycles. The van der Waals surface area contributed by atoms with Crippen molar-refractivity contribution >= 4 is 38.2 Å². The Kier molecular flexibility index (Phi) is 6.79. The zero-order valence-corrected chi connectivity index (χ0v) is 23.8. The lowest BCUT2D eigenvalue weighted by Gasteiger charge is -2.30. The third kappa shape index (κ3) is 5.29. The molecule has 4 heterocycles. The van der Waals surface area contributed by atoms with Crippen molar-refractivity contribution in [1.29, 1.82) is 0 Å². The highest BCUT2D eigenvalue weighted by Crippen LogP contribution is 2.54. The van der Waals surface area contributed by atoms with Gasteiger partial charge in [-0.2, -0.15) is 0 Å². The van der Waals surface area contributed by atoms with E-state index < -0.39 is 15.4 Å². The number of nitrogens with two attached hydrogens (primary N) is 1. The maximum atomic E-state index is 12.4. The fourth-order valence-electron chi connectivity index (χ4n) is 5.06. The second kappa shape index (κ2) is 9.71. The van der Waals surface area contributed by atoms with Gasteiger partial charge in [0.1, 0.15) is 27.6 Å². The maximum Gasteiger partial charge on any atom is 0.340 e. The van der Waals surface area contributed by atoms with Gasteiger partial charge >= 0.3 is 5.97 Å². The molecule has 3 aromatic rings. The van der Waals surface area contributed by atoms with Crippen LogP contribution in [-0.4, -0.2) is 53.6 Å². The summed E-state index contributed by atoms with van der Waals surface area (Å²) in [7, 11) is -3.10. The summed E-state index contributed by atoms with van der Waals surface area (Å²) >= 11 is 0. The number of rotatable bonds is 9. The lowest BCUT2D eigenvalue weighted by molar-refractivity contribution is 0.0183. The minimum atomic E-state index is -3.10.